The maximum Gasteiger partial charge on any atom is 0.232 e. The first-order chi connectivity index (χ1) is 9.72. The second-order valence-electron chi connectivity index (χ2n) is 4.08. The van der Waals surface area contributed by atoms with Gasteiger partial charge in [0.2, 0.25) is 11.8 Å². The van der Waals surface area contributed by atoms with Crippen molar-refractivity contribution in [3.8, 4) is 11.6 Å². The van der Waals surface area contributed by atoms with Crippen LogP contribution in [0.5, 0.6) is 11.6 Å². The summed E-state index contributed by atoms with van der Waals surface area (Å²) in [5.74, 6) is 1.94. The number of nitrogens with zero attached hydrogens (tertiary/aromatic N) is 2. The zero-order valence-corrected chi connectivity index (χ0v) is 13.0. The first-order valence-corrected chi connectivity index (χ1v) is 6.95. The third kappa shape index (κ3) is 3.84. The summed E-state index contributed by atoms with van der Waals surface area (Å²) >= 11 is 3.32. The topological polar surface area (TPSA) is 56.3 Å². The smallest absolute Gasteiger partial charge is 0.232 e. The van der Waals surface area contributed by atoms with Crippen LogP contribution < -0.4 is 14.8 Å². The minimum atomic E-state index is 0.520. The Bertz CT molecular complexity index is 561. The van der Waals surface area contributed by atoms with Gasteiger partial charge < -0.3 is 14.8 Å². The predicted octanol–water partition coefficient (Wildman–Crippen LogP) is 2.91. The minimum absolute atomic E-state index is 0.520. The molecule has 20 heavy (non-hydrogen) atoms. The lowest BCUT2D eigenvalue weighted by Gasteiger charge is -2.07. The molecule has 0 radical (unpaired) electrons. The van der Waals surface area contributed by atoms with Crippen LogP contribution in [0.15, 0.2) is 34.9 Å². The maximum absolute atomic E-state index is 5.13. The average molecular weight is 338 g/mol. The van der Waals surface area contributed by atoms with Crippen LogP contribution >= 0.6 is 15.9 Å². The Morgan fingerprint density at radius 1 is 1.15 bits per heavy atom. The standard InChI is InChI=1S/C14H16BrN3O2/c1-19-11-5-3-10(4-6-11)7-8-16-14-17-9-12(15)13(18-14)20-2/h3-6,9H,7-8H2,1-2H3,(H,16,17,18). The molecule has 0 aliphatic rings. The van der Waals surface area contributed by atoms with Crippen molar-refractivity contribution in [2.45, 2.75) is 6.42 Å². The summed E-state index contributed by atoms with van der Waals surface area (Å²) < 4.78 is 11.0. The number of ether oxygens (including phenoxy) is 2. The molecule has 1 heterocycles. The van der Waals surface area contributed by atoms with Crippen molar-refractivity contribution in [2.75, 3.05) is 26.1 Å². The summed E-state index contributed by atoms with van der Waals surface area (Å²) in [4.78, 5) is 8.41. The molecule has 0 spiro atoms. The van der Waals surface area contributed by atoms with E-state index in [0.29, 0.717) is 11.8 Å². The fourth-order valence-electron chi connectivity index (χ4n) is 1.69. The number of anilines is 1. The number of hydrogen-bond donors (Lipinski definition) is 1. The molecule has 1 N–H and O–H groups in total. The van der Waals surface area contributed by atoms with E-state index in [1.165, 1.54) is 5.56 Å². The maximum atomic E-state index is 5.13. The molecule has 6 heteroatoms. The van der Waals surface area contributed by atoms with E-state index in [0.717, 1.165) is 23.2 Å². The Kier molecular flexibility index (Phi) is 5.17. The van der Waals surface area contributed by atoms with Gasteiger partial charge in [0, 0.05) is 6.54 Å². The first kappa shape index (κ1) is 14.6. The number of rotatable bonds is 6. The summed E-state index contributed by atoms with van der Waals surface area (Å²) in [5.41, 5.74) is 1.22. The third-order valence-electron chi connectivity index (χ3n) is 2.76. The summed E-state index contributed by atoms with van der Waals surface area (Å²) in [6.45, 7) is 0.747. The lowest BCUT2D eigenvalue weighted by atomic mass is 10.1. The van der Waals surface area contributed by atoms with Gasteiger partial charge in [-0.05, 0) is 40.0 Å². The summed E-state index contributed by atoms with van der Waals surface area (Å²) in [6.07, 6.45) is 2.55. The van der Waals surface area contributed by atoms with Crippen molar-refractivity contribution >= 4 is 21.9 Å². The molecule has 1 aromatic carbocycles. The van der Waals surface area contributed by atoms with E-state index >= 15 is 0 Å². The fraction of sp³-hybridized carbons (Fsp3) is 0.286. The lowest BCUT2D eigenvalue weighted by molar-refractivity contribution is 0.394. The molecular weight excluding hydrogens is 322 g/mol. The van der Waals surface area contributed by atoms with E-state index < -0.39 is 0 Å². The van der Waals surface area contributed by atoms with Gasteiger partial charge in [0.25, 0.3) is 0 Å². The highest BCUT2D eigenvalue weighted by Gasteiger charge is 2.04. The number of hydrogen-bond acceptors (Lipinski definition) is 5. The van der Waals surface area contributed by atoms with Crippen molar-refractivity contribution in [1.29, 1.82) is 0 Å². The van der Waals surface area contributed by atoms with Gasteiger partial charge >= 0.3 is 0 Å². The van der Waals surface area contributed by atoms with Crippen LogP contribution in [0.3, 0.4) is 0 Å². The van der Waals surface area contributed by atoms with Crippen LogP contribution in [-0.2, 0) is 6.42 Å². The van der Waals surface area contributed by atoms with Gasteiger partial charge in [-0.25, -0.2) is 4.98 Å². The van der Waals surface area contributed by atoms with Crippen LogP contribution in [0.1, 0.15) is 5.56 Å². The van der Waals surface area contributed by atoms with Crippen molar-refractivity contribution in [3.05, 3.63) is 40.5 Å². The van der Waals surface area contributed by atoms with Crippen LogP contribution in [0.25, 0.3) is 0 Å². The lowest BCUT2D eigenvalue weighted by Crippen LogP contribution is -2.08. The number of halogens is 1. The molecule has 0 saturated heterocycles. The summed E-state index contributed by atoms with van der Waals surface area (Å²) in [5, 5.41) is 3.17. The summed E-state index contributed by atoms with van der Waals surface area (Å²) in [7, 11) is 3.24. The van der Waals surface area contributed by atoms with Crippen molar-refractivity contribution in [2.24, 2.45) is 0 Å². The predicted molar refractivity (Wildman–Crippen MR) is 81.5 cm³/mol. The molecule has 106 valence electrons. The zero-order valence-electron chi connectivity index (χ0n) is 11.4. The highest BCUT2D eigenvalue weighted by atomic mass is 79.9. The Labute approximate surface area is 126 Å². The molecule has 0 unspecified atom stereocenters. The van der Waals surface area contributed by atoms with E-state index in [2.05, 4.69) is 31.2 Å². The van der Waals surface area contributed by atoms with E-state index in [-0.39, 0.29) is 0 Å². The van der Waals surface area contributed by atoms with E-state index in [4.69, 9.17) is 9.47 Å². The number of methoxy groups -OCH3 is 2. The first-order valence-electron chi connectivity index (χ1n) is 6.16. The van der Waals surface area contributed by atoms with Gasteiger partial charge in [-0.3, -0.25) is 0 Å². The van der Waals surface area contributed by atoms with Gasteiger partial charge in [0.1, 0.15) is 5.75 Å². The molecule has 2 rings (SSSR count). The van der Waals surface area contributed by atoms with Crippen LogP contribution in [-0.4, -0.2) is 30.7 Å². The van der Waals surface area contributed by atoms with Gasteiger partial charge in [-0.1, -0.05) is 12.1 Å². The molecule has 0 amide bonds. The quantitative estimate of drug-likeness (QED) is 0.878. The second kappa shape index (κ2) is 7.09. The fourth-order valence-corrected chi connectivity index (χ4v) is 2.04. The van der Waals surface area contributed by atoms with Crippen molar-refractivity contribution in [1.82, 2.24) is 9.97 Å². The van der Waals surface area contributed by atoms with Gasteiger partial charge in [0.05, 0.1) is 24.9 Å². The number of nitrogens with one attached hydrogen (secondary N) is 1. The second-order valence-corrected chi connectivity index (χ2v) is 4.93. The number of aromatic nitrogens is 2. The van der Waals surface area contributed by atoms with E-state index in [1.807, 2.05) is 24.3 Å². The minimum Gasteiger partial charge on any atom is -0.497 e. The van der Waals surface area contributed by atoms with Gasteiger partial charge in [-0.2, -0.15) is 4.98 Å². The Balaban J connectivity index is 1.88. The zero-order chi connectivity index (χ0) is 14.4. The SMILES string of the molecule is COc1ccc(CCNc2ncc(Br)c(OC)n2)cc1. The Morgan fingerprint density at radius 2 is 1.90 bits per heavy atom. The van der Waals surface area contributed by atoms with E-state index in [9.17, 15) is 0 Å². The molecule has 0 aliphatic carbocycles. The number of benzene rings is 1. The van der Waals surface area contributed by atoms with Crippen LogP contribution in [0.2, 0.25) is 0 Å². The van der Waals surface area contributed by atoms with Gasteiger partial charge in [-0.15, -0.1) is 0 Å². The Hall–Kier alpha value is -1.82. The van der Waals surface area contributed by atoms with Gasteiger partial charge in [0.15, 0.2) is 0 Å². The largest absolute Gasteiger partial charge is 0.497 e. The average Bonchev–Trinajstić information content (AvgIpc) is 2.49. The third-order valence-corrected chi connectivity index (χ3v) is 3.31. The van der Waals surface area contributed by atoms with Crippen LogP contribution in [0.4, 0.5) is 5.95 Å². The highest BCUT2D eigenvalue weighted by molar-refractivity contribution is 9.10. The van der Waals surface area contributed by atoms with Crippen molar-refractivity contribution in [3.63, 3.8) is 0 Å². The molecule has 2 aromatic rings. The normalized spacial score (nSPS) is 10.2. The summed E-state index contributed by atoms with van der Waals surface area (Å²) in [6, 6.07) is 8.00. The molecule has 0 atom stereocenters. The van der Waals surface area contributed by atoms with Crippen LogP contribution in [0, 0.1) is 0 Å². The molecular formula is C14H16BrN3O2. The molecule has 0 fully saturated rings. The Morgan fingerprint density at radius 3 is 2.55 bits per heavy atom. The van der Waals surface area contributed by atoms with E-state index in [1.54, 1.807) is 20.4 Å². The van der Waals surface area contributed by atoms with Crippen molar-refractivity contribution < 1.29 is 9.47 Å². The molecule has 0 saturated carbocycles. The monoisotopic (exact) mass is 337 g/mol. The molecule has 0 bridgehead atoms. The highest BCUT2D eigenvalue weighted by Crippen LogP contribution is 2.21. The molecule has 0 aliphatic heterocycles. The molecule has 1 aromatic heterocycles. The molecule has 5 nitrogen and oxygen atoms in total.